The molecular formula is C13H25NO. The Balaban J connectivity index is 2.50. The number of carbonyl (C=O) groups is 1. The fourth-order valence-electron chi connectivity index (χ4n) is 2.78. The van der Waals surface area contributed by atoms with Gasteiger partial charge in [-0.15, -0.1) is 0 Å². The molecule has 0 aromatic rings. The van der Waals surface area contributed by atoms with Gasteiger partial charge in [-0.25, -0.2) is 0 Å². The number of carbonyl (C=O) groups excluding carboxylic acids is 1. The first-order valence-corrected chi connectivity index (χ1v) is 6.38. The van der Waals surface area contributed by atoms with Crippen molar-refractivity contribution in [2.24, 2.45) is 17.1 Å². The van der Waals surface area contributed by atoms with E-state index in [1.165, 1.54) is 19.3 Å². The average molecular weight is 211 g/mol. The Bertz CT molecular complexity index is 207. The highest BCUT2D eigenvalue weighted by molar-refractivity contribution is 5.85. The monoisotopic (exact) mass is 211 g/mol. The van der Waals surface area contributed by atoms with Crippen LogP contribution in [0.25, 0.3) is 0 Å². The predicted octanol–water partition coefficient (Wildman–Crippen LogP) is 2.90. The molecule has 1 saturated carbocycles. The normalized spacial score (nSPS) is 21.5. The first-order valence-electron chi connectivity index (χ1n) is 6.38. The van der Waals surface area contributed by atoms with Crippen LogP contribution in [0.15, 0.2) is 0 Å². The highest BCUT2D eigenvalue weighted by Crippen LogP contribution is 2.39. The molecule has 0 radical (unpaired) electrons. The molecule has 1 aliphatic carbocycles. The Morgan fingerprint density at radius 2 is 2.00 bits per heavy atom. The van der Waals surface area contributed by atoms with Crippen LogP contribution in [0.4, 0.5) is 0 Å². The van der Waals surface area contributed by atoms with E-state index in [1.807, 2.05) is 0 Å². The summed E-state index contributed by atoms with van der Waals surface area (Å²) in [5.41, 5.74) is 5.66. The molecule has 88 valence electrons. The van der Waals surface area contributed by atoms with Gasteiger partial charge in [0.2, 0.25) is 0 Å². The van der Waals surface area contributed by atoms with Crippen LogP contribution in [0.1, 0.15) is 58.8 Å². The maximum Gasteiger partial charge on any atom is 0.140 e. The highest BCUT2D eigenvalue weighted by Gasteiger charge is 2.39. The van der Waals surface area contributed by atoms with E-state index in [9.17, 15) is 4.79 Å². The van der Waals surface area contributed by atoms with E-state index >= 15 is 0 Å². The van der Waals surface area contributed by atoms with Crippen molar-refractivity contribution in [2.75, 3.05) is 6.54 Å². The van der Waals surface area contributed by atoms with E-state index < -0.39 is 0 Å². The molecule has 0 aliphatic heterocycles. The largest absolute Gasteiger partial charge is 0.329 e. The number of rotatable bonds is 6. The van der Waals surface area contributed by atoms with Gasteiger partial charge in [0, 0.05) is 18.4 Å². The molecule has 1 unspecified atom stereocenters. The summed E-state index contributed by atoms with van der Waals surface area (Å²) in [5.74, 6) is 0.968. The molecule has 0 heterocycles. The molecule has 1 rings (SSSR count). The first kappa shape index (κ1) is 12.7. The van der Waals surface area contributed by atoms with Gasteiger partial charge in [0.25, 0.3) is 0 Å². The zero-order valence-corrected chi connectivity index (χ0v) is 10.2. The summed E-state index contributed by atoms with van der Waals surface area (Å²) >= 11 is 0. The summed E-state index contributed by atoms with van der Waals surface area (Å²) in [6.45, 7) is 4.92. The lowest BCUT2D eigenvalue weighted by molar-refractivity contribution is -0.129. The van der Waals surface area contributed by atoms with Crippen LogP contribution in [-0.2, 0) is 4.79 Å². The minimum Gasteiger partial charge on any atom is -0.329 e. The summed E-state index contributed by atoms with van der Waals surface area (Å²) in [5, 5.41) is 0. The SMILES string of the molecule is CCCC(C)CC(=O)C1(CN)CCCC1. The fraction of sp³-hybridized carbons (Fsp3) is 0.923. The second kappa shape index (κ2) is 5.64. The molecule has 1 aliphatic rings. The molecule has 0 aromatic carbocycles. The Kier molecular flexibility index (Phi) is 4.78. The quantitative estimate of drug-likeness (QED) is 0.734. The average Bonchev–Trinajstić information content (AvgIpc) is 2.67. The molecule has 2 nitrogen and oxygen atoms in total. The van der Waals surface area contributed by atoms with Crippen molar-refractivity contribution in [3.05, 3.63) is 0 Å². The molecule has 1 atom stereocenters. The summed E-state index contributed by atoms with van der Waals surface area (Å²) < 4.78 is 0. The van der Waals surface area contributed by atoms with Gasteiger partial charge in [0.1, 0.15) is 5.78 Å². The van der Waals surface area contributed by atoms with Crippen LogP contribution in [0.5, 0.6) is 0 Å². The zero-order chi connectivity index (χ0) is 11.3. The van der Waals surface area contributed by atoms with Crippen molar-refractivity contribution in [3.63, 3.8) is 0 Å². The Labute approximate surface area is 93.6 Å². The van der Waals surface area contributed by atoms with Gasteiger partial charge in [0.15, 0.2) is 0 Å². The standard InChI is InChI=1S/C13H25NO/c1-3-6-11(2)9-12(15)13(10-14)7-4-5-8-13/h11H,3-10,14H2,1-2H3. The second-order valence-electron chi connectivity index (χ2n) is 5.21. The minimum atomic E-state index is -0.137. The van der Waals surface area contributed by atoms with Gasteiger partial charge in [-0.05, 0) is 18.8 Å². The van der Waals surface area contributed by atoms with Crippen LogP contribution in [-0.4, -0.2) is 12.3 Å². The smallest absolute Gasteiger partial charge is 0.140 e. The summed E-state index contributed by atoms with van der Waals surface area (Å²) in [6, 6.07) is 0. The van der Waals surface area contributed by atoms with Gasteiger partial charge in [-0.2, -0.15) is 0 Å². The van der Waals surface area contributed by atoms with E-state index in [0.29, 0.717) is 18.2 Å². The van der Waals surface area contributed by atoms with Gasteiger partial charge in [-0.3, -0.25) is 4.79 Å². The zero-order valence-electron chi connectivity index (χ0n) is 10.2. The van der Waals surface area contributed by atoms with Crippen molar-refractivity contribution in [3.8, 4) is 0 Å². The van der Waals surface area contributed by atoms with Crippen LogP contribution < -0.4 is 5.73 Å². The van der Waals surface area contributed by atoms with Crippen LogP contribution in [0, 0.1) is 11.3 Å². The maximum atomic E-state index is 12.2. The topological polar surface area (TPSA) is 43.1 Å². The molecule has 2 heteroatoms. The van der Waals surface area contributed by atoms with Crippen molar-refractivity contribution < 1.29 is 4.79 Å². The number of nitrogens with two attached hydrogens (primary N) is 1. The van der Waals surface area contributed by atoms with E-state index in [0.717, 1.165) is 25.7 Å². The number of hydrogen-bond donors (Lipinski definition) is 1. The van der Waals surface area contributed by atoms with Gasteiger partial charge >= 0.3 is 0 Å². The Morgan fingerprint density at radius 1 is 1.40 bits per heavy atom. The molecule has 2 N–H and O–H groups in total. The summed E-state index contributed by atoms with van der Waals surface area (Å²) in [6.07, 6.45) is 7.50. The van der Waals surface area contributed by atoms with E-state index in [-0.39, 0.29) is 5.41 Å². The molecular weight excluding hydrogens is 186 g/mol. The first-order chi connectivity index (χ1) is 7.14. The third-order valence-electron chi connectivity index (χ3n) is 3.86. The molecule has 0 bridgehead atoms. The van der Waals surface area contributed by atoms with Crippen molar-refractivity contribution in [2.45, 2.75) is 58.8 Å². The van der Waals surface area contributed by atoms with Gasteiger partial charge in [-0.1, -0.05) is 39.5 Å². The van der Waals surface area contributed by atoms with Gasteiger partial charge < -0.3 is 5.73 Å². The molecule has 0 amide bonds. The summed E-state index contributed by atoms with van der Waals surface area (Å²) in [4.78, 5) is 12.2. The maximum absolute atomic E-state index is 12.2. The van der Waals surface area contributed by atoms with Crippen molar-refractivity contribution >= 4 is 5.78 Å². The molecule has 0 spiro atoms. The van der Waals surface area contributed by atoms with E-state index in [4.69, 9.17) is 5.73 Å². The van der Waals surface area contributed by atoms with Crippen molar-refractivity contribution in [1.29, 1.82) is 0 Å². The number of ketones is 1. The van der Waals surface area contributed by atoms with Gasteiger partial charge in [0.05, 0.1) is 0 Å². The van der Waals surface area contributed by atoms with Crippen molar-refractivity contribution in [1.82, 2.24) is 0 Å². The van der Waals surface area contributed by atoms with Crippen LogP contribution in [0.2, 0.25) is 0 Å². The Morgan fingerprint density at radius 3 is 2.47 bits per heavy atom. The third kappa shape index (κ3) is 3.04. The lowest BCUT2D eigenvalue weighted by atomic mass is 9.78. The minimum absolute atomic E-state index is 0.137. The van der Waals surface area contributed by atoms with Crippen LogP contribution >= 0.6 is 0 Å². The molecule has 15 heavy (non-hydrogen) atoms. The third-order valence-corrected chi connectivity index (χ3v) is 3.86. The highest BCUT2D eigenvalue weighted by atomic mass is 16.1. The molecule has 0 saturated heterocycles. The van der Waals surface area contributed by atoms with E-state index in [1.54, 1.807) is 0 Å². The Hall–Kier alpha value is -0.370. The van der Waals surface area contributed by atoms with Crippen LogP contribution in [0.3, 0.4) is 0 Å². The lowest BCUT2D eigenvalue weighted by Gasteiger charge is -2.26. The molecule has 0 aromatic heterocycles. The number of Topliss-reactive ketones (excluding diaryl/α,β-unsaturated/α-hetero) is 1. The second-order valence-corrected chi connectivity index (χ2v) is 5.21. The summed E-state index contributed by atoms with van der Waals surface area (Å²) in [7, 11) is 0. The van der Waals surface area contributed by atoms with E-state index in [2.05, 4.69) is 13.8 Å². The fourth-order valence-corrected chi connectivity index (χ4v) is 2.78. The predicted molar refractivity (Wildman–Crippen MR) is 63.7 cm³/mol. The molecule has 1 fully saturated rings. The lowest BCUT2D eigenvalue weighted by Crippen LogP contribution is -2.36. The number of hydrogen-bond acceptors (Lipinski definition) is 2.